The standard InChI is InChI=1S/C30H32N2O2/c33-29(17-16-25-10-4-1-5-11-25)31-22-19-28(20-23-31)30(34)32(24-27-14-8-3-9-15-27)21-18-26-12-6-2-7-13-26/h1-17,28H,18-24H2/b17-16+. The van der Waals surface area contributed by atoms with Crippen molar-refractivity contribution in [3.8, 4) is 0 Å². The number of carbonyl (C=O) groups is 2. The number of hydrogen-bond acceptors (Lipinski definition) is 2. The molecule has 4 rings (SSSR count). The van der Waals surface area contributed by atoms with E-state index in [0.29, 0.717) is 39.0 Å². The molecule has 0 aromatic heterocycles. The van der Waals surface area contributed by atoms with E-state index < -0.39 is 0 Å². The Morgan fingerprint density at radius 2 is 1.35 bits per heavy atom. The van der Waals surface area contributed by atoms with Crippen molar-refractivity contribution in [2.24, 2.45) is 5.92 Å². The summed E-state index contributed by atoms with van der Waals surface area (Å²) in [7, 11) is 0. The van der Waals surface area contributed by atoms with Gasteiger partial charge in [-0.2, -0.15) is 0 Å². The number of nitrogens with zero attached hydrogens (tertiary/aromatic N) is 2. The fourth-order valence-electron chi connectivity index (χ4n) is 4.42. The smallest absolute Gasteiger partial charge is 0.246 e. The molecule has 3 aromatic rings. The first-order valence-electron chi connectivity index (χ1n) is 12.1. The maximum atomic E-state index is 13.5. The van der Waals surface area contributed by atoms with Crippen molar-refractivity contribution >= 4 is 17.9 Å². The Bertz CT molecular complexity index is 1070. The van der Waals surface area contributed by atoms with Gasteiger partial charge in [0.2, 0.25) is 11.8 Å². The number of benzene rings is 3. The zero-order valence-corrected chi connectivity index (χ0v) is 19.6. The highest BCUT2D eigenvalue weighted by Crippen LogP contribution is 2.22. The quantitative estimate of drug-likeness (QED) is 0.440. The third kappa shape index (κ3) is 6.67. The van der Waals surface area contributed by atoms with Crippen molar-refractivity contribution in [1.82, 2.24) is 9.80 Å². The maximum absolute atomic E-state index is 13.5. The summed E-state index contributed by atoms with van der Waals surface area (Å²) in [5.74, 6) is 0.174. The summed E-state index contributed by atoms with van der Waals surface area (Å²) >= 11 is 0. The Labute approximate surface area is 202 Å². The van der Waals surface area contributed by atoms with Crippen molar-refractivity contribution < 1.29 is 9.59 Å². The van der Waals surface area contributed by atoms with Crippen LogP contribution in [0.1, 0.15) is 29.5 Å². The van der Waals surface area contributed by atoms with Crippen molar-refractivity contribution in [1.29, 1.82) is 0 Å². The summed E-state index contributed by atoms with van der Waals surface area (Å²) in [5, 5.41) is 0. The number of amides is 2. The lowest BCUT2D eigenvalue weighted by molar-refractivity contribution is -0.139. The molecule has 0 aliphatic carbocycles. The minimum absolute atomic E-state index is 0.0139. The van der Waals surface area contributed by atoms with Crippen molar-refractivity contribution in [3.05, 3.63) is 114 Å². The molecule has 4 nitrogen and oxygen atoms in total. The average molecular weight is 453 g/mol. The van der Waals surface area contributed by atoms with Gasteiger partial charge in [-0.25, -0.2) is 0 Å². The number of rotatable bonds is 8. The topological polar surface area (TPSA) is 40.6 Å². The molecule has 2 amide bonds. The normalized spacial score (nSPS) is 14.3. The highest BCUT2D eigenvalue weighted by molar-refractivity contribution is 5.92. The van der Waals surface area contributed by atoms with Gasteiger partial charge in [-0.05, 0) is 42.0 Å². The molecule has 0 N–H and O–H groups in total. The van der Waals surface area contributed by atoms with Crippen LogP contribution in [-0.4, -0.2) is 41.2 Å². The van der Waals surface area contributed by atoms with Crippen LogP contribution in [0.5, 0.6) is 0 Å². The molecule has 0 unspecified atom stereocenters. The molecule has 0 saturated carbocycles. The van der Waals surface area contributed by atoms with Crippen LogP contribution in [0.2, 0.25) is 0 Å². The first-order valence-corrected chi connectivity index (χ1v) is 12.1. The zero-order chi connectivity index (χ0) is 23.6. The fraction of sp³-hybridized carbons (Fsp3) is 0.267. The van der Waals surface area contributed by atoms with Crippen LogP contribution in [0.4, 0.5) is 0 Å². The van der Waals surface area contributed by atoms with Gasteiger partial charge in [-0.1, -0.05) is 91.0 Å². The predicted octanol–water partition coefficient (Wildman–Crippen LogP) is 5.21. The Morgan fingerprint density at radius 3 is 1.97 bits per heavy atom. The van der Waals surface area contributed by atoms with Gasteiger partial charge in [0.1, 0.15) is 0 Å². The molecule has 1 aliphatic rings. The molecule has 0 spiro atoms. The van der Waals surface area contributed by atoms with Crippen molar-refractivity contribution in [2.75, 3.05) is 19.6 Å². The average Bonchev–Trinajstić information content (AvgIpc) is 2.91. The molecular weight excluding hydrogens is 420 g/mol. The molecule has 0 radical (unpaired) electrons. The third-order valence-electron chi connectivity index (χ3n) is 6.41. The lowest BCUT2D eigenvalue weighted by atomic mass is 9.94. The van der Waals surface area contributed by atoms with Gasteiger partial charge in [0.25, 0.3) is 0 Å². The van der Waals surface area contributed by atoms with E-state index in [1.807, 2.05) is 82.6 Å². The molecule has 1 fully saturated rings. The molecule has 1 heterocycles. The van der Waals surface area contributed by atoms with Crippen LogP contribution < -0.4 is 0 Å². The van der Waals surface area contributed by atoms with Gasteiger partial charge in [-0.3, -0.25) is 9.59 Å². The summed E-state index contributed by atoms with van der Waals surface area (Å²) in [6.07, 6.45) is 5.74. The van der Waals surface area contributed by atoms with Gasteiger partial charge >= 0.3 is 0 Å². The van der Waals surface area contributed by atoms with Crippen molar-refractivity contribution in [3.63, 3.8) is 0 Å². The minimum Gasteiger partial charge on any atom is -0.339 e. The summed E-state index contributed by atoms with van der Waals surface area (Å²) in [5.41, 5.74) is 3.39. The van der Waals surface area contributed by atoms with Crippen LogP contribution in [0.15, 0.2) is 97.1 Å². The molecule has 174 valence electrons. The SMILES string of the molecule is O=C(/C=C/c1ccccc1)N1CCC(C(=O)N(CCc2ccccc2)Cc2ccccc2)CC1. The van der Waals surface area contributed by atoms with E-state index in [1.165, 1.54) is 5.56 Å². The summed E-state index contributed by atoms with van der Waals surface area (Å²) in [4.78, 5) is 30.0. The van der Waals surface area contributed by atoms with Crippen LogP contribution in [0.3, 0.4) is 0 Å². The molecular formula is C30H32N2O2. The van der Waals surface area contributed by atoms with E-state index >= 15 is 0 Å². The Morgan fingerprint density at radius 1 is 0.794 bits per heavy atom. The van der Waals surface area contributed by atoms with Crippen LogP contribution in [0, 0.1) is 5.92 Å². The molecule has 3 aromatic carbocycles. The monoisotopic (exact) mass is 452 g/mol. The van der Waals surface area contributed by atoms with Crippen molar-refractivity contribution in [2.45, 2.75) is 25.8 Å². The first-order chi connectivity index (χ1) is 16.7. The van der Waals surface area contributed by atoms with Gasteiger partial charge in [-0.15, -0.1) is 0 Å². The highest BCUT2D eigenvalue weighted by Gasteiger charge is 2.29. The second kappa shape index (κ2) is 12.0. The third-order valence-corrected chi connectivity index (χ3v) is 6.41. The summed E-state index contributed by atoms with van der Waals surface area (Å²) in [6, 6.07) is 30.3. The van der Waals surface area contributed by atoms with Gasteiger partial charge in [0, 0.05) is 38.2 Å². The summed E-state index contributed by atoms with van der Waals surface area (Å²) in [6.45, 7) is 2.54. The molecule has 34 heavy (non-hydrogen) atoms. The first kappa shape index (κ1) is 23.5. The van der Waals surface area contributed by atoms with Gasteiger partial charge in [0.15, 0.2) is 0 Å². The van der Waals surface area contributed by atoms with Crippen LogP contribution in [-0.2, 0) is 22.6 Å². The highest BCUT2D eigenvalue weighted by atomic mass is 16.2. The molecule has 0 atom stereocenters. The van der Waals surface area contributed by atoms with Gasteiger partial charge in [0.05, 0.1) is 0 Å². The minimum atomic E-state index is -0.0401. The Balaban J connectivity index is 1.35. The summed E-state index contributed by atoms with van der Waals surface area (Å²) < 4.78 is 0. The number of hydrogen-bond donors (Lipinski definition) is 0. The van der Waals surface area contributed by atoms with E-state index in [4.69, 9.17) is 0 Å². The van der Waals surface area contributed by atoms with E-state index in [1.54, 1.807) is 6.08 Å². The van der Waals surface area contributed by atoms with E-state index in [2.05, 4.69) is 24.3 Å². The zero-order valence-electron chi connectivity index (χ0n) is 19.6. The van der Waals surface area contributed by atoms with Gasteiger partial charge < -0.3 is 9.80 Å². The molecule has 0 bridgehead atoms. The molecule has 4 heteroatoms. The second-order valence-electron chi connectivity index (χ2n) is 8.82. The fourth-order valence-corrected chi connectivity index (χ4v) is 4.42. The maximum Gasteiger partial charge on any atom is 0.246 e. The number of carbonyl (C=O) groups excluding carboxylic acids is 2. The lowest BCUT2D eigenvalue weighted by Crippen LogP contribution is -2.44. The van der Waals surface area contributed by atoms with E-state index in [-0.39, 0.29) is 17.7 Å². The lowest BCUT2D eigenvalue weighted by Gasteiger charge is -2.34. The number of likely N-dealkylation sites (tertiary alicyclic amines) is 1. The largest absolute Gasteiger partial charge is 0.339 e. The number of piperidine rings is 1. The van der Waals surface area contributed by atoms with Crippen LogP contribution >= 0.6 is 0 Å². The van der Waals surface area contributed by atoms with Crippen LogP contribution in [0.25, 0.3) is 6.08 Å². The van der Waals surface area contributed by atoms with E-state index in [9.17, 15) is 9.59 Å². The molecule has 1 saturated heterocycles. The Hall–Kier alpha value is -3.66. The predicted molar refractivity (Wildman–Crippen MR) is 137 cm³/mol. The molecule has 1 aliphatic heterocycles. The van der Waals surface area contributed by atoms with E-state index in [0.717, 1.165) is 17.5 Å². The second-order valence-corrected chi connectivity index (χ2v) is 8.82. The Kier molecular flexibility index (Phi) is 8.28.